The molecule has 3 rings (SSSR count). The Morgan fingerprint density at radius 2 is 2.00 bits per heavy atom. The number of ether oxygens (including phenoxy) is 2. The van der Waals surface area contributed by atoms with E-state index < -0.39 is 0 Å². The molecule has 3 aromatic rings. The molecule has 0 fully saturated rings. The van der Waals surface area contributed by atoms with Crippen LogP contribution in [0.15, 0.2) is 36.4 Å². The lowest BCUT2D eigenvalue weighted by Crippen LogP contribution is -2.04. The van der Waals surface area contributed by atoms with E-state index in [1.807, 2.05) is 0 Å². The van der Waals surface area contributed by atoms with E-state index in [2.05, 4.69) is 25.4 Å². The first kappa shape index (κ1) is 13.0. The summed E-state index contributed by atoms with van der Waals surface area (Å²) in [5.41, 5.74) is 1.38. The average Bonchev–Trinajstić information content (AvgIpc) is 2.96. The highest BCUT2D eigenvalue weighted by Crippen LogP contribution is 2.19. The predicted octanol–water partition coefficient (Wildman–Crippen LogP) is 1.03. The zero-order valence-electron chi connectivity index (χ0n) is 11.1. The SMILES string of the molecule is COC(=O)Cc1ccc(Oc2ccc3nnnn3n2)cc1. The van der Waals surface area contributed by atoms with Gasteiger partial charge in [-0.05, 0) is 34.2 Å². The molecule has 106 valence electrons. The Hall–Kier alpha value is -3.03. The van der Waals surface area contributed by atoms with Gasteiger partial charge < -0.3 is 9.47 Å². The zero-order valence-corrected chi connectivity index (χ0v) is 11.1. The van der Waals surface area contributed by atoms with Crippen molar-refractivity contribution in [1.29, 1.82) is 0 Å². The van der Waals surface area contributed by atoms with Gasteiger partial charge in [0.1, 0.15) is 5.75 Å². The maximum atomic E-state index is 11.2. The summed E-state index contributed by atoms with van der Waals surface area (Å²) in [7, 11) is 1.36. The normalized spacial score (nSPS) is 10.5. The molecule has 1 aromatic carbocycles. The average molecular weight is 285 g/mol. The smallest absolute Gasteiger partial charge is 0.309 e. The van der Waals surface area contributed by atoms with Crippen LogP contribution in [0.5, 0.6) is 11.6 Å². The third-order valence-electron chi connectivity index (χ3n) is 2.77. The number of aromatic nitrogens is 5. The second-order valence-electron chi connectivity index (χ2n) is 4.20. The van der Waals surface area contributed by atoms with E-state index in [-0.39, 0.29) is 12.4 Å². The van der Waals surface area contributed by atoms with E-state index in [9.17, 15) is 4.79 Å². The Labute approximate surface area is 119 Å². The Balaban J connectivity index is 1.73. The lowest BCUT2D eigenvalue weighted by molar-refractivity contribution is -0.139. The van der Waals surface area contributed by atoms with E-state index in [4.69, 9.17) is 4.74 Å². The number of nitrogens with zero attached hydrogens (tertiary/aromatic N) is 5. The number of benzene rings is 1. The highest BCUT2D eigenvalue weighted by molar-refractivity contribution is 5.72. The summed E-state index contributed by atoms with van der Waals surface area (Å²) in [5, 5.41) is 15.0. The molecule has 2 aromatic heterocycles. The van der Waals surface area contributed by atoms with Gasteiger partial charge in [0.15, 0.2) is 5.65 Å². The lowest BCUT2D eigenvalue weighted by atomic mass is 10.1. The third kappa shape index (κ3) is 2.94. The van der Waals surface area contributed by atoms with E-state index in [0.717, 1.165) is 5.56 Å². The Kier molecular flexibility index (Phi) is 3.42. The summed E-state index contributed by atoms with van der Waals surface area (Å²) in [5.74, 6) is 0.688. The lowest BCUT2D eigenvalue weighted by Gasteiger charge is -2.05. The molecular formula is C13H11N5O3. The first-order valence-electron chi connectivity index (χ1n) is 6.13. The van der Waals surface area contributed by atoms with Crippen molar-refractivity contribution in [2.24, 2.45) is 0 Å². The van der Waals surface area contributed by atoms with Gasteiger partial charge in [-0.25, -0.2) is 0 Å². The van der Waals surface area contributed by atoms with Gasteiger partial charge in [-0.2, -0.15) is 0 Å². The van der Waals surface area contributed by atoms with E-state index >= 15 is 0 Å². The highest BCUT2D eigenvalue weighted by Gasteiger charge is 2.05. The predicted molar refractivity (Wildman–Crippen MR) is 70.8 cm³/mol. The van der Waals surface area contributed by atoms with Crippen LogP contribution in [0.1, 0.15) is 5.56 Å². The summed E-state index contributed by atoms with van der Waals surface area (Å²) in [6.45, 7) is 0. The van der Waals surface area contributed by atoms with Crippen LogP contribution < -0.4 is 4.74 Å². The highest BCUT2D eigenvalue weighted by atomic mass is 16.5. The van der Waals surface area contributed by atoms with Crippen LogP contribution in [0, 0.1) is 0 Å². The number of esters is 1. The minimum absolute atomic E-state index is 0.228. The van der Waals surface area contributed by atoms with Gasteiger partial charge >= 0.3 is 5.97 Å². The van der Waals surface area contributed by atoms with Gasteiger partial charge in [-0.1, -0.05) is 12.1 Å². The number of rotatable bonds is 4. The number of methoxy groups -OCH3 is 1. The fraction of sp³-hybridized carbons (Fsp3) is 0.154. The van der Waals surface area contributed by atoms with Crippen molar-refractivity contribution >= 4 is 11.6 Å². The van der Waals surface area contributed by atoms with Crippen LogP contribution in [0.25, 0.3) is 5.65 Å². The molecule has 0 saturated heterocycles. The molecule has 2 heterocycles. The maximum Gasteiger partial charge on any atom is 0.309 e. The summed E-state index contributed by atoms with van der Waals surface area (Å²) in [4.78, 5) is 11.2. The van der Waals surface area contributed by atoms with Crippen molar-refractivity contribution < 1.29 is 14.3 Å². The van der Waals surface area contributed by atoms with Gasteiger partial charge in [-0.15, -0.1) is 14.8 Å². The van der Waals surface area contributed by atoms with Gasteiger partial charge in [0.05, 0.1) is 13.5 Å². The first-order chi connectivity index (χ1) is 10.2. The minimum Gasteiger partial charge on any atom is -0.469 e. The molecule has 0 aliphatic rings. The molecule has 8 nitrogen and oxygen atoms in total. The maximum absolute atomic E-state index is 11.2. The van der Waals surface area contributed by atoms with Crippen LogP contribution in [0.2, 0.25) is 0 Å². The van der Waals surface area contributed by atoms with Crippen molar-refractivity contribution in [3.05, 3.63) is 42.0 Å². The monoisotopic (exact) mass is 285 g/mol. The molecule has 21 heavy (non-hydrogen) atoms. The molecule has 0 amide bonds. The van der Waals surface area contributed by atoms with Crippen molar-refractivity contribution in [2.45, 2.75) is 6.42 Å². The van der Waals surface area contributed by atoms with Crippen molar-refractivity contribution in [3.63, 3.8) is 0 Å². The number of hydrogen-bond acceptors (Lipinski definition) is 7. The molecule has 0 spiro atoms. The molecule has 0 atom stereocenters. The van der Waals surface area contributed by atoms with E-state index in [0.29, 0.717) is 17.3 Å². The molecule has 0 aliphatic heterocycles. The molecule has 0 bridgehead atoms. The van der Waals surface area contributed by atoms with Crippen LogP contribution in [-0.4, -0.2) is 38.3 Å². The van der Waals surface area contributed by atoms with Crippen molar-refractivity contribution in [3.8, 4) is 11.6 Å². The third-order valence-corrected chi connectivity index (χ3v) is 2.77. The molecule has 0 radical (unpaired) electrons. The van der Waals surface area contributed by atoms with Crippen molar-refractivity contribution in [2.75, 3.05) is 7.11 Å². The molecule has 0 N–H and O–H groups in total. The van der Waals surface area contributed by atoms with Gasteiger partial charge in [0.2, 0.25) is 5.88 Å². The standard InChI is InChI=1S/C13H11N5O3/c1-20-13(19)8-9-2-4-10(5-3-9)21-12-7-6-11-14-16-17-18(11)15-12/h2-7H,8H2,1H3. The number of tetrazole rings is 1. The first-order valence-corrected chi connectivity index (χ1v) is 6.13. The fourth-order valence-electron chi connectivity index (χ4n) is 1.72. The summed E-state index contributed by atoms with van der Waals surface area (Å²) in [6.07, 6.45) is 0.228. The topological polar surface area (TPSA) is 91.5 Å². The summed E-state index contributed by atoms with van der Waals surface area (Å²) in [6, 6.07) is 10.5. The van der Waals surface area contributed by atoms with Crippen LogP contribution in [0.4, 0.5) is 0 Å². The largest absolute Gasteiger partial charge is 0.469 e. The molecule has 8 heteroatoms. The molecule has 0 unspecified atom stereocenters. The zero-order chi connectivity index (χ0) is 14.7. The minimum atomic E-state index is -0.283. The van der Waals surface area contributed by atoms with Gasteiger partial charge in [0, 0.05) is 6.07 Å². The van der Waals surface area contributed by atoms with E-state index in [1.54, 1.807) is 36.4 Å². The quantitative estimate of drug-likeness (QED) is 0.661. The molecule has 0 saturated carbocycles. The van der Waals surface area contributed by atoms with Gasteiger partial charge in [0.25, 0.3) is 0 Å². The number of fused-ring (bicyclic) bond motifs is 1. The Bertz CT molecular complexity index is 769. The van der Waals surface area contributed by atoms with Crippen LogP contribution in [-0.2, 0) is 16.0 Å². The summed E-state index contributed by atoms with van der Waals surface area (Å²) < 4.78 is 11.5. The summed E-state index contributed by atoms with van der Waals surface area (Å²) >= 11 is 0. The second-order valence-corrected chi connectivity index (χ2v) is 4.20. The fourth-order valence-corrected chi connectivity index (χ4v) is 1.72. The number of carbonyl (C=O) groups excluding carboxylic acids is 1. The Morgan fingerprint density at radius 1 is 1.19 bits per heavy atom. The molecular weight excluding hydrogens is 274 g/mol. The van der Waals surface area contributed by atoms with Gasteiger partial charge in [-0.3, -0.25) is 4.79 Å². The molecule has 0 aliphatic carbocycles. The number of hydrogen-bond donors (Lipinski definition) is 0. The Morgan fingerprint density at radius 3 is 2.76 bits per heavy atom. The van der Waals surface area contributed by atoms with Crippen LogP contribution in [0.3, 0.4) is 0 Å². The van der Waals surface area contributed by atoms with Crippen molar-refractivity contribution in [1.82, 2.24) is 25.3 Å². The second kappa shape index (κ2) is 5.53. The van der Waals surface area contributed by atoms with E-state index in [1.165, 1.54) is 11.7 Å². The number of carbonyl (C=O) groups is 1. The van der Waals surface area contributed by atoms with Crippen LogP contribution >= 0.6 is 0 Å².